The van der Waals surface area contributed by atoms with Crippen molar-refractivity contribution in [2.75, 3.05) is 0 Å². The molecule has 0 spiro atoms. The highest BCUT2D eigenvalue weighted by Gasteiger charge is 2.18. The highest BCUT2D eigenvalue weighted by atomic mass is 32.1. The Hall–Kier alpha value is -1.19. The number of hydrogen-bond acceptors (Lipinski definition) is 3. The summed E-state index contributed by atoms with van der Waals surface area (Å²) in [6, 6.07) is 4.53. The van der Waals surface area contributed by atoms with Crippen molar-refractivity contribution in [2.24, 2.45) is 0 Å². The second-order valence-corrected chi connectivity index (χ2v) is 7.84. The Morgan fingerprint density at radius 1 is 1.14 bits per heavy atom. The highest BCUT2D eigenvalue weighted by molar-refractivity contribution is 7.09. The molecule has 0 aliphatic rings. The van der Waals surface area contributed by atoms with Crippen LogP contribution in [0.5, 0.6) is 0 Å². The van der Waals surface area contributed by atoms with Crippen LogP contribution < -0.4 is 0 Å². The number of aryl methyl sites for hydroxylation is 2. The predicted octanol–water partition coefficient (Wildman–Crippen LogP) is 4.20. The van der Waals surface area contributed by atoms with E-state index in [0.717, 1.165) is 4.88 Å². The Labute approximate surface area is 131 Å². The minimum Gasteiger partial charge on any atom is -0.392 e. The second-order valence-electron chi connectivity index (χ2n) is 6.87. The van der Waals surface area contributed by atoms with E-state index in [1.807, 2.05) is 11.7 Å². The van der Waals surface area contributed by atoms with Crippen molar-refractivity contribution in [1.82, 2.24) is 4.98 Å². The van der Waals surface area contributed by atoms with Crippen molar-refractivity contribution in [3.8, 4) is 0 Å². The van der Waals surface area contributed by atoms with E-state index in [2.05, 4.69) is 51.7 Å². The lowest BCUT2D eigenvalue weighted by Gasteiger charge is -2.23. The summed E-state index contributed by atoms with van der Waals surface area (Å²) < 4.78 is 0. The van der Waals surface area contributed by atoms with E-state index < -0.39 is 0 Å². The Bertz CT molecular complexity index is 573. The van der Waals surface area contributed by atoms with Gasteiger partial charge < -0.3 is 5.11 Å². The Balaban J connectivity index is 2.17. The molecule has 114 valence electrons. The molecule has 2 aromatic rings. The number of aliphatic hydroxyl groups excluding tert-OH is 1. The molecule has 0 bridgehead atoms. The summed E-state index contributed by atoms with van der Waals surface area (Å²) in [5, 5.41) is 10.3. The van der Waals surface area contributed by atoms with Crippen molar-refractivity contribution in [2.45, 2.75) is 59.0 Å². The van der Waals surface area contributed by atoms with Crippen molar-refractivity contribution in [3.05, 3.63) is 51.0 Å². The molecule has 1 aromatic carbocycles. The fourth-order valence-corrected chi connectivity index (χ4v) is 3.30. The molecule has 1 unspecified atom stereocenters. The van der Waals surface area contributed by atoms with Crippen molar-refractivity contribution in [3.63, 3.8) is 0 Å². The molecular formula is C18H25NOS. The number of rotatable bonds is 4. The molecule has 1 aromatic heterocycles. The minimum absolute atomic E-state index is 0.162. The summed E-state index contributed by atoms with van der Waals surface area (Å²) in [6.07, 6.45) is 2.89. The predicted molar refractivity (Wildman–Crippen MR) is 90.1 cm³/mol. The first-order chi connectivity index (χ1) is 9.77. The SMILES string of the molecule is Cc1cc(C(C)(C)C)cc(C)c1CC(O)Cc1cncs1. The second kappa shape index (κ2) is 6.29. The summed E-state index contributed by atoms with van der Waals surface area (Å²) in [7, 11) is 0. The van der Waals surface area contributed by atoms with E-state index in [9.17, 15) is 5.11 Å². The van der Waals surface area contributed by atoms with E-state index >= 15 is 0 Å². The third-order valence-electron chi connectivity index (χ3n) is 3.92. The van der Waals surface area contributed by atoms with Gasteiger partial charge >= 0.3 is 0 Å². The van der Waals surface area contributed by atoms with Gasteiger partial charge in [-0.15, -0.1) is 11.3 Å². The number of aliphatic hydroxyl groups is 1. The van der Waals surface area contributed by atoms with Crippen molar-refractivity contribution in [1.29, 1.82) is 0 Å². The first kappa shape index (κ1) is 16.2. The summed E-state index contributed by atoms with van der Waals surface area (Å²) in [5.74, 6) is 0. The van der Waals surface area contributed by atoms with E-state index in [1.165, 1.54) is 22.3 Å². The quantitative estimate of drug-likeness (QED) is 0.918. The van der Waals surface area contributed by atoms with Gasteiger partial charge in [0.2, 0.25) is 0 Å². The summed E-state index contributed by atoms with van der Waals surface area (Å²) in [5.41, 5.74) is 7.18. The normalized spacial score (nSPS) is 13.4. The molecule has 0 saturated carbocycles. The summed E-state index contributed by atoms with van der Waals surface area (Å²) in [6.45, 7) is 11.0. The van der Waals surface area contributed by atoms with E-state index in [-0.39, 0.29) is 11.5 Å². The maximum Gasteiger partial charge on any atom is 0.0794 e. The largest absolute Gasteiger partial charge is 0.392 e. The Morgan fingerprint density at radius 3 is 2.24 bits per heavy atom. The van der Waals surface area contributed by atoms with E-state index in [4.69, 9.17) is 0 Å². The summed E-state index contributed by atoms with van der Waals surface area (Å²) in [4.78, 5) is 5.21. The maximum atomic E-state index is 10.3. The average molecular weight is 303 g/mol. The van der Waals surface area contributed by atoms with Crippen LogP contribution in [0.4, 0.5) is 0 Å². The van der Waals surface area contributed by atoms with Crippen molar-refractivity contribution < 1.29 is 5.11 Å². The van der Waals surface area contributed by atoms with Gasteiger partial charge in [-0.3, -0.25) is 4.98 Å². The van der Waals surface area contributed by atoms with Crippen LogP contribution in [-0.4, -0.2) is 16.2 Å². The first-order valence-electron chi connectivity index (χ1n) is 7.43. The van der Waals surface area contributed by atoms with Gasteiger partial charge in [-0.1, -0.05) is 32.9 Å². The zero-order chi connectivity index (χ0) is 15.6. The van der Waals surface area contributed by atoms with Crippen LogP contribution >= 0.6 is 11.3 Å². The van der Waals surface area contributed by atoms with Gasteiger partial charge in [0.25, 0.3) is 0 Å². The first-order valence-corrected chi connectivity index (χ1v) is 8.31. The molecule has 1 atom stereocenters. The topological polar surface area (TPSA) is 33.1 Å². The van der Waals surface area contributed by atoms with Gasteiger partial charge in [0.1, 0.15) is 0 Å². The van der Waals surface area contributed by atoms with Gasteiger partial charge in [-0.05, 0) is 47.9 Å². The van der Waals surface area contributed by atoms with Crippen LogP contribution in [0.15, 0.2) is 23.8 Å². The monoisotopic (exact) mass is 303 g/mol. The molecule has 1 heterocycles. The number of hydrogen-bond donors (Lipinski definition) is 1. The lowest BCUT2D eigenvalue weighted by atomic mass is 9.83. The Kier molecular flexibility index (Phi) is 4.84. The van der Waals surface area contributed by atoms with Crippen LogP contribution in [0.25, 0.3) is 0 Å². The van der Waals surface area contributed by atoms with Crippen LogP contribution in [0.3, 0.4) is 0 Å². The zero-order valence-corrected chi connectivity index (χ0v) is 14.4. The van der Waals surface area contributed by atoms with Gasteiger partial charge in [-0.25, -0.2) is 0 Å². The fourth-order valence-electron chi connectivity index (χ4n) is 2.63. The molecule has 0 fully saturated rings. The number of aromatic nitrogens is 1. The summed E-state index contributed by atoms with van der Waals surface area (Å²) >= 11 is 1.60. The molecule has 2 rings (SSSR count). The van der Waals surface area contributed by atoms with E-state index in [0.29, 0.717) is 12.8 Å². The molecule has 0 saturated heterocycles. The maximum absolute atomic E-state index is 10.3. The molecule has 1 N–H and O–H groups in total. The minimum atomic E-state index is -0.344. The molecule has 0 aliphatic heterocycles. The molecule has 0 amide bonds. The smallest absolute Gasteiger partial charge is 0.0794 e. The molecular weight excluding hydrogens is 278 g/mol. The average Bonchev–Trinajstić information content (AvgIpc) is 2.85. The molecule has 0 aliphatic carbocycles. The number of benzene rings is 1. The third-order valence-corrected chi connectivity index (χ3v) is 4.72. The molecule has 3 heteroatoms. The lowest BCUT2D eigenvalue weighted by Crippen LogP contribution is -2.17. The zero-order valence-electron chi connectivity index (χ0n) is 13.6. The Morgan fingerprint density at radius 2 is 1.76 bits per heavy atom. The van der Waals surface area contributed by atoms with Gasteiger partial charge in [0.05, 0.1) is 11.6 Å². The van der Waals surface area contributed by atoms with Crippen LogP contribution in [0.1, 0.15) is 47.9 Å². The molecule has 21 heavy (non-hydrogen) atoms. The highest BCUT2D eigenvalue weighted by Crippen LogP contribution is 2.27. The van der Waals surface area contributed by atoms with Gasteiger partial charge in [0.15, 0.2) is 0 Å². The third kappa shape index (κ3) is 4.14. The number of nitrogens with zero attached hydrogens (tertiary/aromatic N) is 1. The van der Waals surface area contributed by atoms with Crippen molar-refractivity contribution >= 4 is 11.3 Å². The van der Waals surface area contributed by atoms with E-state index in [1.54, 1.807) is 11.3 Å². The molecule has 2 nitrogen and oxygen atoms in total. The van der Waals surface area contributed by atoms with Gasteiger partial charge in [0, 0.05) is 17.5 Å². The lowest BCUT2D eigenvalue weighted by molar-refractivity contribution is 0.176. The van der Waals surface area contributed by atoms with Crippen LogP contribution in [0.2, 0.25) is 0 Å². The molecule has 0 radical (unpaired) electrons. The van der Waals surface area contributed by atoms with Crippen LogP contribution in [-0.2, 0) is 18.3 Å². The number of thiazole rings is 1. The van der Waals surface area contributed by atoms with Crippen LogP contribution in [0, 0.1) is 13.8 Å². The standard InChI is InChI=1S/C18H25NOS/c1-12-6-14(18(3,4)5)7-13(2)17(12)9-15(20)8-16-10-19-11-21-16/h6-7,10-11,15,20H,8-9H2,1-5H3. The fraction of sp³-hybridized carbons (Fsp3) is 0.500. The van der Waals surface area contributed by atoms with Gasteiger partial charge in [-0.2, -0.15) is 0 Å².